The van der Waals surface area contributed by atoms with Gasteiger partial charge in [0.05, 0.1) is 5.52 Å². The monoisotopic (exact) mass is 196 g/mol. The largest absolute Gasteiger partial charge is 0.274 e. The van der Waals surface area contributed by atoms with Gasteiger partial charge in [0.15, 0.2) is 0 Å². The van der Waals surface area contributed by atoms with Crippen LogP contribution in [0.1, 0.15) is 0 Å². The second-order valence-electron chi connectivity index (χ2n) is 3.20. The van der Waals surface area contributed by atoms with Gasteiger partial charge in [-0.15, -0.1) is 0 Å². The highest BCUT2D eigenvalue weighted by Gasteiger charge is 2.00. The summed E-state index contributed by atoms with van der Waals surface area (Å²) in [6, 6.07) is 7.90. The van der Waals surface area contributed by atoms with Crippen LogP contribution in [-0.4, -0.2) is 19.5 Å². The predicted octanol–water partition coefficient (Wildman–Crippen LogP) is 1.82. The zero-order valence-corrected chi connectivity index (χ0v) is 7.91. The summed E-state index contributed by atoms with van der Waals surface area (Å²) < 4.78 is 1.78. The average Bonchev–Trinajstić information content (AvgIpc) is 2.82. The molecule has 3 rings (SSSR count). The first-order valence-electron chi connectivity index (χ1n) is 4.63. The minimum atomic E-state index is 0.645. The van der Waals surface area contributed by atoms with Gasteiger partial charge in [-0.3, -0.25) is 4.57 Å². The number of fused-ring (bicyclic) bond motifs is 1. The molecule has 0 aliphatic carbocycles. The van der Waals surface area contributed by atoms with Gasteiger partial charge < -0.3 is 0 Å². The molecule has 0 N–H and O–H groups in total. The number of nitrogens with zero attached hydrogens (tertiary/aromatic N) is 4. The maximum Gasteiger partial charge on any atom is 0.235 e. The van der Waals surface area contributed by atoms with E-state index in [1.54, 1.807) is 17.1 Å². The molecule has 4 heteroatoms. The molecule has 0 spiro atoms. The van der Waals surface area contributed by atoms with Crippen LogP contribution in [-0.2, 0) is 0 Å². The van der Waals surface area contributed by atoms with Gasteiger partial charge in [-0.05, 0) is 6.07 Å². The van der Waals surface area contributed by atoms with Crippen LogP contribution >= 0.6 is 0 Å². The van der Waals surface area contributed by atoms with Crippen molar-refractivity contribution in [1.29, 1.82) is 0 Å². The number of hydrogen-bond donors (Lipinski definition) is 0. The molecule has 0 saturated heterocycles. The molecule has 0 fully saturated rings. The molecular formula is C11H8N4. The Labute approximate surface area is 86.2 Å². The minimum absolute atomic E-state index is 0.645. The van der Waals surface area contributed by atoms with Crippen molar-refractivity contribution in [3.8, 4) is 5.95 Å². The zero-order chi connectivity index (χ0) is 10.1. The van der Waals surface area contributed by atoms with Crippen LogP contribution in [0, 0.1) is 0 Å². The summed E-state index contributed by atoms with van der Waals surface area (Å²) in [5.74, 6) is 0.645. The Kier molecular flexibility index (Phi) is 1.71. The van der Waals surface area contributed by atoms with Gasteiger partial charge in [-0.1, -0.05) is 18.2 Å². The van der Waals surface area contributed by atoms with E-state index in [0.29, 0.717) is 5.95 Å². The predicted molar refractivity (Wildman–Crippen MR) is 56.7 cm³/mol. The van der Waals surface area contributed by atoms with Crippen molar-refractivity contribution >= 4 is 10.9 Å². The molecule has 0 aliphatic heterocycles. The van der Waals surface area contributed by atoms with Crippen LogP contribution in [0.25, 0.3) is 16.9 Å². The van der Waals surface area contributed by atoms with Gasteiger partial charge in [0.1, 0.15) is 6.33 Å². The van der Waals surface area contributed by atoms with Crippen LogP contribution in [0.4, 0.5) is 0 Å². The molecule has 2 aromatic heterocycles. The summed E-state index contributed by atoms with van der Waals surface area (Å²) in [7, 11) is 0. The fraction of sp³-hybridized carbons (Fsp3) is 0. The first kappa shape index (κ1) is 8.11. The third-order valence-corrected chi connectivity index (χ3v) is 2.21. The second-order valence-corrected chi connectivity index (χ2v) is 3.20. The number of aromatic nitrogens is 4. The van der Waals surface area contributed by atoms with Crippen LogP contribution in [0.3, 0.4) is 0 Å². The molecule has 0 unspecified atom stereocenters. The lowest BCUT2D eigenvalue weighted by molar-refractivity contribution is 0.941. The fourth-order valence-corrected chi connectivity index (χ4v) is 1.46. The molecule has 0 amide bonds. The molecule has 1 aromatic carbocycles. The molecule has 3 aromatic rings. The van der Waals surface area contributed by atoms with E-state index in [-0.39, 0.29) is 0 Å². The highest BCUT2D eigenvalue weighted by molar-refractivity contribution is 5.77. The number of hydrogen-bond acceptors (Lipinski definition) is 3. The Balaban J connectivity index is 2.22. The third kappa shape index (κ3) is 1.36. The number of imidazole rings is 1. The smallest absolute Gasteiger partial charge is 0.235 e. The average molecular weight is 196 g/mol. The minimum Gasteiger partial charge on any atom is -0.274 e. The van der Waals surface area contributed by atoms with Crippen LogP contribution in [0.2, 0.25) is 0 Å². The van der Waals surface area contributed by atoms with Crippen molar-refractivity contribution in [2.75, 3.05) is 0 Å². The van der Waals surface area contributed by atoms with Gasteiger partial charge in [-0.25, -0.2) is 15.0 Å². The lowest BCUT2D eigenvalue weighted by Crippen LogP contribution is -1.97. The lowest BCUT2D eigenvalue weighted by atomic mass is 10.2. The summed E-state index contributed by atoms with van der Waals surface area (Å²) >= 11 is 0. The van der Waals surface area contributed by atoms with Gasteiger partial charge in [0.2, 0.25) is 5.95 Å². The molecule has 0 radical (unpaired) electrons. The van der Waals surface area contributed by atoms with Gasteiger partial charge in [-0.2, -0.15) is 0 Å². The standard InChI is InChI=1S/C11H8N4/c1-2-4-10-9(3-1)7-13-11(14-10)15-6-5-12-8-15/h1-8H. The SMILES string of the molecule is c1ccc2nc(-n3ccnc3)ncc2c1. The summed E-state index contributed by atoms with van der Waals surface area (Å²) in [6.45, 7) is 0. The van der Waals surface area contributed by atoms with E-state index in [4.69, 9.17) is 0 Å². The van der Waals surface area contributed by atoms with Crippen molar-refractivity contribution in [3.05, 3.63) is 49.2 Å². The number of para-hydroxylation sites is 1. The molecular weight excluding hydrogens is 188 g/mol. The van der Waals surface area contributed by atoms with Crippen LogP contribution in [0.15, 0.2) is 49.2 Å². The van der Waals surface area contributed by atoms with Gasteiger partial charge >= 0.3 is 0 Å². The van der Waals surface area contributed by atoms with E-state index in [0.717, 1.165) is 10.9 Å². The van der Waals surface area contributed by atoms with Crippen molar-refractivity contribution in [3.63, 3.8) is 0 Å². The van der Waals surface area contributed by atoms with Crippen molar-refractivity contribution in [2.45, 2.75) is 0 Å². The summed E-state index contributed by atoms with van der Waals surface area (Å²) in [5.41, 5.74) is 0.941. The van der Waals surface area contributed by atoms with E-state index in [9.17, 15) is 0 Å². The molecule has 72 valence electrons. The lowest BCUT2D eigenvalue weighted by Gasteiger charge is -2.01. The highest BCUT2D eigenvalue weighted by Crippen LogP contribution is 2.11. The Hall–Kier alpha value is -2.23. The maximum atomic E-state index is 4.43. The summed E-state index contributed by atoms with van der Waals surface area (Å²) in [4.78, 5) is 12.7. The van der Waals surface area contributed by atoms with Crippen molar-refractivity contribution in [2.24, 2.45) is 0 Å². The normalized spacial score (nSPS) is 10.7. The molecule has 0 bridgehead atoms. The van der Waals surface area contributed by atoms with Crippen molar-refractivity contribution < 1.29 is 0 Å². The first-order chi connectivity index (χ1) is 7.43. The molecule has 0 saturated carbocycles. The van der Waals surface area contributed by atoms with E-state index < -0.39 is 0 Å². The Morgan fingerprint density at radius 2 is 2.07 bits per heavy atom. The number of rotatable bonds is 1. The van der Waals surface area contributed by atoms with Crippen LogP contribution in [0.5, 0.6) is 0 Å². The van der Waals surface area contributed by atoms with Gasteiger partial charge in [0, 0.05) is 24.0 Å². The van der Waals surface area contributed by atoms with Crippen molar-refractivity contribution in [1.82, 2.24) is 19.5 Å². The van der Waals surface area contributed by atoms with E-state index in [1.165, 1.54) is 0 Å². The molecule has 15 heavy (non-hydrogen) atoms. The molecule has 0 atom stereocenters. The van der Waals surface area contributed by atoms with E-state index in [2.05, 4.69) is 15.0 Å². The first-order valence-corrected chi connectivity index (χ1v) is 4.63. The van der Waals surface area contributed by atoms with Gasteiger partial charge in [0.25, 0.3) is 0 Å². The molecule has 0 aliphatic rings. The fourth-order valence-electron chi connectivity index (χ4n) is 1.46. The molecule has 4 nitrogen and oxygen atoms in total. The Bertz CT molecular complexity index is 586. The Morgan fingerprint density at radius 1 is 1.13 bits per heavy atom. The molecule has 2 heterocycles. The topological polar surface area (TPSA) is 43.6 Å². The highest BCUT2D eigenvalue weighted by atomic mass is 15.2. The maximum absolute atomic E-state index is 4.43. The van der Waals surface area contributed by atoms with E-state index >= 15 is 0 Å². The zero-order valence-electron chi connectivity index (χ0n) is 7.91. The summed E-state index contributed by atoms with van der Waals surface area (Å²) in [6.07, 6.45) is 7.03. The second kappa shape index (κ2) is 3.16. The van der Waals surface area contributed by atoms with Crippen LogP contribution < -0.4 is 0 Å². The third-order valence-electron chi connectivity index (χ3n) is 2.21. The summed E-state index contributed by atoms with van der Waals surface area (Å²) in [5, 5.41) is 1.04. The quantitative estimate of drug-likeness (QED) is 0.596. The van der Waals surface area contributed by atoms with E-state index in [1.807, 2.05) is 36.7 Å². The number of benzene rings is 1. The Morgan fingerprint density at radius 3 is 2.93 bits per heavy atom.